The third kappa shape index (κ3) is 4.12. The van der Waals surface area contributed by atoms with E-state index in [1.807, 2.05) is 18.9 Å². The third-order valence-corrected chi connectivity index (χ3v) is 9.23. The summed E-state index contributed by atoms with van der Waals surface area (Å²) in [7, 11) is 6.21. The van der Waals surface area contributed by atoms with Crippen LogP contribution in [0.5, 0.6) is 0 Å². The van der Waals surface area contributed by atoms with Crippen molar-refractivity contribution in [2.75, 3.05) is 39.2 Å². The number of aryl methyl sites for hydroxylation is 1. The molecule has 2 saturated carbocycles. The summed E-state index contributed by atoms with van der Waals surface area (Å²) >= 11 is 0. The van der Waals surface area contributed by atoms with Crippen molar-refractivity contribution in [2.45, 2.75) is 75.0 Å². The van der Waals surface area contributed by atoms with Gasteiger partial charge in [-0.15, -0.1) is 0 Å². The summed E-state index contributed by atoms with van der Waals surface area (Å²) in [5.74, 6) is 0.718. The van der Waals surface area contributed by atoms with Gasteiger partial charge in [0.05, 0.1) is 35.8 Å². The molecule has 2 heterocycles. The molecule has 2 aromatic rings. The zero-order valence-electron chi connectivity index (χ0n) is 21.7. The molecular weight excluding hydrogens is 438 g/mol. The Morgan fingerprint density at radius 2 is 1.66 bits per heavy atom. The van der Waals surface area contributed by atoms with E-state index in [1.54, 1.807) is 12.4 Å². The molecule has 1 aliphatic heterocycles. The molecule has 7 heteroatoms. The molecule has 35 heavy (non-hydrogen) atoms. The minimum atomic E-state index is -0.186. The average Bonchev–Trinajstić information content (AvgIpc) is 3.11. The predicted molar refractivity (Wildman–Crippen MR) is 137 cm³/mol. The van der Waals surface area contributed by atoms with Gasteiger partial charge in [0.2, 0.25) is 0 Å². The van der Waals surface area contributed by atoms with Gasteiger partial charge in [0.15, 0.2) is 0 Å². The Labute approximate surface area is 209 Å². The van der Waals surface area contributed by atoms with Crippen LogP contribution in [0.15, 0.2) is 42.7 Å². The second-order valence-electron chi connectivity index (χ2n) is 11.0. The van der Waals surface area contributed by atoms with E-state index >= 15 is 0 Å². The van der Waals surface area contributed by atoms with Crippen LogP contribution in [-0.2, 0) is 10.3 Å². The van der Waals surface area contributed by atoms with E-state index in [-0.39, 0.29) is 22.7 Å². The zero-order valence-corrected chi connectivity index (χ0v) is 21.7. The van der Waals surface area contributed by atoms with Gasteiger partial charge in [-0.3, -0.25) is 9.80 Å². The molecule has 1 saturated heterocycles. The Kier molecular flexibility index (Phi) is 6.34. The Bertz CT molecular complexity index is 1020. The number of carbonyl (C=O) groups is 1. The van der Waals surface area contributed by atoms with Crippen LogP contribution in [0.3, 0.4) is 0 Å². The summed E-state index contributed by atoms with van der Waals surface area (Å²) in [5, 5.41) is 0. The van der Waals surface area contributed by atoms with Gasteiger partial charge < -0.3 is 9.64 Å². The average molecular weight is 478 g/mol. The van der Waals surface area contributed by atoms with Crippen molar-refractivity contribution in [2.24, 2.45) is 0 Å². The monoisotopic (exact) mass is 477 g/mol. The number of nitrogens with zero attached hydrogens (tertiary/aromatic N) is 5. The summed E-state index contributed by atoms with van der Waals surface area (Å²) in [5.41, 5.74) is 1.90. The van der Waals surface area contributed by atoms with Gasteiger partial charge in [0.1, 0.15) is 5.82 Å². The van der Waals surface area contributed by atoms with Gasteiger partial charge in [-0.1, -0.05) is 30.3 Å². The lowest BCUT2D eigenvalue weighted by molar-refractivity contribution is -0.0844. The van der Waals surface area contributed by atoms with Crippen molar-refractivity contribution in [3.05, 3.63) is 54.1 Å². The molecule has 5 rings (SSSR count). The Morgan fingerprint density at radius 1 is 1.00 bits per heavy atom. The number of hydrogen-bond donors (Lipinski definition) is 0. The molecule has 0 N–H and O–H groups in total. The fraction of sp³-hybridized carbons (Fsp3) is 0.607. The van der Waals surface area contributed by atoms with Gasteiger partial charge in [-0.25, -0.2) is 14.8 Å². The summed E-state index contributed by atoms with van der Waals surface area (Å²) in [6, 6.07) is 11.0. The lowest BCUT2D eigenvalue weighted by Gasteiger charge is -2.51. The standard InChI is InChI=1S/C28H39N5O2/c1-22-29-19-24(20-30-22)32-21-26(33(25(32)34)18-17-27(35-4)11-8-12-27)13-15-28(16-14-26,31(2)3)23-9-6-5-7-10-23/h5-7,9-10,19-20H,8,11-18,21H2,1-4H3/t26-,28-. The maximum absolute atomic E-state index is 13.9. The summed E-state index contributed by atoms with van der Waals surface area (Å²) in [4.78, 5) is 29.1. The van der Waals surface area contributed by atoms with Crippen LogP contribution in [0.2, 0.25) is 0 Å². The highest BCUT2D eigenvalue weighted by molar-refractivity contribution is 5.95. The molecule has 3 aliphatic rings. The lowest BCUT2D eigenvalue weighted by atomic mass is 9.68. The third-order valence-electron chi connectivity index (χ3n) is 9.23. The maximum Gasteiger partial charge on any atom is 0.325 e. The number of benzene rings is 1. The Morgan fingerprint density at radius 3 is 2.20 bits per heavy atom. The van der Waals surface area contributed by atoms with Gasteiger partial charge in [-0.05, 0) is 77.9 Å². The molecule has 2 amide bonds. The van der Waals surface area contributed by atoms with E-state index in [1.165, 1.54) is 12.0 Å². The number of ether oxygens (including phenoxy) is 1. The number of methoxy groups -OCH3 is 1. The van der Waals surface area contributed by atoms with Gasteiger partial charge in [0, 0.05) is 19.2 Å². The zero-order chi connectivity index (χ0) is 24.7. The first kappa shape index (κ1) is 24.2. The first-order chi connectivity index (χ1) is 16.8. The number of amides is 2. The smallest absolute Gasteiger partial charge is 0.325 e. The van der Waals surface area contributed by atoms with E-state index in [0.29, 0.717) is 6.54 Å². The van der Waals surface area contributed by atoms with Crippen LogP contribution in [0.1, 0.15) is 62.8 Å². The maximum atomic E-state index is 13.9. The first-order valence-electron chi connectivity index (χ1n) is 13.0. The highest BCUT2D eigenvalue weighted by Crippen LogP contribution is 2.50. The van der Waals surface area contributed by atoms with Crippen molar-refractivity contribution in [1.29, 1.82) is 0 Å². The SMILES string of the molecule is COC1(CCN2C(=O)N(c3cnc(C)nc3)C[C@]23CC[C@@](c2ccccc2)(N(C)C)CC3)CCC1. The number of hydrogen-bond acceptors (Lipinski definition) is 5. The quantitative estimate of drug-likeness (QED) is 0.576. The van der Waals surface area contributed by atoms with Gasteiger partial charge >= 0.3 is 6.03 Å². The van der Waals surface area contributed by atoms with E-state index in [4.69, 9.17) is 4.74 Å². The fourth-order valence-corrected chi connectivity index (χ4v) is 6.60. The van der Waals surface area contributed by atoms with Crippen LogP contribution in [-0.4, -0.2) is 71.2 Å². The van der Waals surface area contributed by atoms with E-state index < -0.39 is 0 Å². The second-order valence-corrected chi connectivity index (χ2v) is 11.0. The molecule has 1 spiro atoms. The molecule has 2 aliphatic carbocycles. The predicted octanol–water partition coefficient (Wildman–Crippen LogP) is 4.76. The molecule has 1 aromatic carbocycles. The van der Waals surface area contributed by atoms with Crippen LogP contribution >= 0.6 is 0 Å². The Balaban J connectivity index is 1.43. The summed E-state index contributed by atoms with van der Waals surface area (Å²) in [6.07, 6.45) is 11.8. The number of anilines is 1. The largest absolute Gasteiger partial charge is 0.378 e. The minimum Gasteiger partial charge on any atom is -0.378 e. The molecule has 0 bridgehead atoms. The Hall–Kier alpha value is -2.51. The molecule has 1 aromatic heterocycles. The molecular formula is C28H39N5O2. The van der Waals surface area contributed by atoms with Crippen LogP contribution < -0.4 is 4.90 Å². The second kappa shape index (κ2) is 9.17. The lowest BCUT2D eigenvalue weighted by Crippen LogP contribution is -2.56. The van der Waals surface area contributed by atoms with Crippen molar-refractivity contribution in [3.63, 3.8) is 0 Å². The van der Waals surface area contributed by atoms with Crippen LogP contribution in [0, 0.1) is 6.92 Å². The highest BCUT2D eigenvalue weighted by Gasteiger charge is 2.55. The van der Waals surface area contributed by atoms with Crippen molar-refractivity contribution < 1.29 is 9.53 Å². The van der Waals surface area contributed by atoms with Crippen LogP contribution in [0.25, 0.3) is 0 Å². The van der Waals surface area contributed by atoms with Gasteiger partial charge in [0.25, 0.3) is 0 Å². The fourth-order valence-electron chi connectivity index (χ4n) is 6.60. The normalized spacial score (nSPS) is 28.1. The molecule has 3 fully saturated rings. The van der Waals surface area contributed by atoms with Crippen molar-refractivity contribution >= 4 is 11.7 Å². The van der Waals surface area contributed by atoms with E-state index in [0.717, 1.165) is 63.0 Å². The molecule has 0 radical (unpaired) electrons. The number of rotatable bonds is 7. The molecule has 0 atom stereocenters. The van der Waals surface area contributed by atoms with Gasteiger partial charge in [-0.2, -0.15) is 0 Å². The minimum absolute atomic E-state index is 0.0106. The molecule has 188 valence electrons. The molecule has 7 nitrogen and oxygen atoms in total. The van der Waals surface area contributed by atoms with E-state index in [9.17, 15) is 4.79 Å². The van der Waals surface area contributed by atoms with Crippen molar-refractivity contribution in [3.8, 4) is 0 Å². The number of aromatic nitrogens is 2. The topological polar surface area (TPSA) is 61.8 Å². The first-order valence-corrected chi connectivity index (χ1v) is 13.0. The molecule has 0 unspecified atom stereocenters. The number of carbonyl (C=O) groups excluding carboxylic acids is 1. The van der Waals surface area contributed by atoms with Crippen molar-refractivity contribution in [1.82, 2.24) is 19.8 Å². The summed E-state index contributed by atoms with van der Waals surface area (Å²) < 4.78 is 5.91. The van der Waals surface area contributed by atoms with Crippen LogP contribution in [0.4, 0.5) is 10.5 Å². The summed E-state index contributed by atoms with van der Waals surface area (Å²) in [6.45, 7) is 3.30. The van der Waals surface area contributed by atoms with E-state index in [2.05, 4.69) is 64.2 Å². The number of urea groups is 1. The highest BCUT2D eigenvalue weighted by atomic mass is 16.5.